The van der Waals surface area contributed by atoms with E-state index in [1.165, 1.54) is 0 Å². The van der Waals surface area contributed by atoms with Crippen molar-refractivity contribution in [1.29, 1.82) is 0 Å². The lowest BCUT2D eigenvalue weighted by Gasteiger charge is -2.11. The highest BCUT2D eigenvalue weighted by Crippen LogP contribution is 2.00. The Labute approximate surface area is 111 Å². The number of nitrogens with one attached hydrogen (secondary N) is 2. The van der Waals surface area contributed by atoms with Crippen LogP contribution < -0.4 is 10.7 Å². The quantitative estimate of drug-likeness (QED) is 0.751. The first kappa shape index (κ1) is 13.2. The minimum atomic E-state index is -0.207. The molecule has 0 fully saturated rings. The molecule has 0 aliphatic carbocycles. The van der Waals surface area contributed by atoms with Gasteiger partial charge < -0.3 is 5.32 Å². The molecule has 1 aromatic heterocycles. The summed E-state index contributed by atoms with van der Waals surface area (Å²) in [7, 11) is 0. The van der Waals surface area contributed by atoms with Gasteiger partial charge in [-0.1, -0.05) is 6.07 Å². The summed E-state index contributed by atoms with van der Waals surface area (Å²) in [6, 6.07) is 5.78. The number of aryl methyl sites for hydroxylation is 1. The maximum absolute atomic E-state index is 11.7. The zero-order valence-corrected chi connectivity index (χ0v) is 10.6. The first-order valence-corrected chi connectivity index (χ1v) is 6.29. The molecule has 0 spiro atoms. The number of aromatic nitrogens is 1. The summed E-state index contributed by atoms with van der Waals surface area (Å²) in [6.45, 7) is 0.572. The molecule has 0 saturated carbocycles. The van der Waals surface area contributed by atoms with Gasteiger partial charge in [0.25, 0.3) is 5.91 Å². The smallest absolute Gasteiger partial charge is 0.267 e. The Hall–Kier alpha value is -2.24. The maximum atomic E-state index is 11.7. The fourth-order valence-electron chi connectivity index (χ4n) is 1.76. The Bertz CT molecular complexity index is 485. The molecule has 0 saturated heterocycles. The third-order valence-corrected chi connectivity index (χ3v) is 2.79. The van der Waals surface area contributed by atoms with Gasteiger partial charge in [-0.3, -0.25) is 14.6 Å². The van der Waals surface area contributed by atoms with E-state index in [-0.39, 0.29) is 11.8 Å². The summed E-state index contributed by atoms with van der Waals surface area (Å²) in [6.07, 6.45) is 4.12. The lowest BCUT2D eigenvalue weighted by atomic mass is 10.1. The summed E-state index contributed by atoms with van der Waals surface area (Å²) < 4.78 is 0. The molecule has 6 nitrogen and oxygen atoms in total. The molecule has 2 amide bonds. The number of rotatable bonds is 5. The topological polar surface area (TPSA) is 83.5 Å². The van der Waals surface area contributed by atoms with E-state index in [1.54, 1.807) is 6.20 Å². The van der Waals surface area contributed by atoms with Crippen LogP contribution in [-0.2, 0) is 16.0 Å². The van der Waals surface area contributed by atoms with Crippen molar-refractivity contribution < 1.29 is 9.59 Å². The summed E-state index contributed by atoms with van der Waals surface area (Å²) in [5, 5.41) is 6.53. The molecule has 0 aromatic carbocycles. The molecule has 0 radical (unpaired) electrons. The maximum Gasteiger partial charge on any atom is 0.267 e. The summed E-state index contributed by atoms with van der Waals surface area (Å²) >= 11 is 0. The predicted molar refractivity (Wildman–Crippen MR) is 70.4 cm³/mol. The normalized spacial score (nSPS) is 14.5. The van der Waals surface area contributed by atoms with Gasteiger partial charge >= 0.3 is 0 Å². The number of hydrazone groups is 1. The van der Waals surface area contributed by atoms with Gasteiger partial charge in [0, 0.05) is 31.3 Å². The van der Waals surface area contributed by atoms with Gasteiger partial charge in [0.2, 0.25) is 5.91 Å². The average molecular weight is 260 g/mol. The lowest BCUT2D eigenvalue weighted by Crippen LogP contribution is -2.37. The second-order valence-corrected chi connectivity index (χ2v) is 4.27. The predicted octanol–water partition coefficient (Wildman–Crippen LogP) is 0.396. The number of hydrogen-bond acceptors (Lipinski definition) is 4. The van der Waals surface area contributed by atoms with Gasteiger partial charge in [-0.2, -0.15) is 5.10 Å². The molecule has 6 heteroatoms. The van der Waals surface area contributed by atoms with E-state index >= 15 is 0 Å². The third-order valence-electron chi connectivity index (χ3n) is 2.79. The molecule has 100 valence electrons. The van der Waals surface area contributed by atoms with Crippen molar-refractivity contribution >= 4 is 17.5 Å². The Morgan fingerprint density at radius 2 is 2.26 bits per heavy atom. The van der Waals surface area contributed by atoms with E-state index in [1.807, 2.05) is 18.2 Å². The number of hydrogen-bond donors (Lipinski definition) is 2. The number of carbonyl (C=O) groups excluding carboxylic acids is 2. The lowest BCUT2D eigenvalue weighted by molar-refractivity contribution is -0.121. The van der Waals surface area contributed by atoms with Crippen molar-refractivity contribution in [3.8, 4) is 0 Å². The SMILES string of the molecule is O=C1CCC(C(=O)NCCCc2ccccn2)=NN1. The standard InChI is InChI=1S/C13H16N4O2/c18-12-7-6-11(16-17-12)13(19)15-9-3-5-10-4-1-2-8-14-10/h1-2,4,8H,3,5-7,9H2,(H,15,19)(H,17,18). The highest BCUT2D eigenvalue weighted by molar-refractivity contribution is 6.39. The first-order valence-electron chi connectivity index (χ1n) is 6.29. The van der Waals surface area contributed by atoms with E-state index < -0.39 is 0 Å². The minimum absolute atomic E-state index is 0.147. The molecule has 1 aliphatic heterocycles. The third kappa shape index (κ3) is 4.17. The van der Waals surface area contributed by atoms with Gasteiger partial charge in [0.1, 0.15) is 5.71 Å². The number of amides is 2. The Morgan fingerprint density at radius 1 is 1.37 bits per heavy atom. The molecule has 2 heterocycles. The Kier molecular flexibility index (Phi) is 4.60. The number of nitrogens with zero attached hydrogens (tertiary/aromatic N) is 2. The van der Waals surface area contributed by atoms with Crippen LogP contribution in [0.3, 0.4) is 0 Å². The van der Waals surface area contributed by atoms with Crippen LogP contribution in [0.1, 0.15) is 25.0 Å². The molecule has 0 atom stereocenters. The Balaban J connectivity index is 1.68. The highest BCUT2D eigenvalue weighted by Gasteiger charge is 2.17. The molecular formula is C13H16N4O2. The van der Waals surface area contributed by atoms with E-state index in [0.717, 1.165) is 18.5 Å². The molecule has 2 rings (SSSR count). The van der Waals surface area contributed by atoms with Crippen LogP contribution in [0.15, 0.2) is 29.5 Å². The summed E-state index contributed by atoms with van der Waals surface area (Å²) in [5.41, 5.74) is 3.71. The second kappa shape index (κ2) is 6.63. The van der Waals surface area contributed by atoms with E-state index in [0.29, 0.717) is 25.1 Å². The van der Waals surface area contributed by atoms with Crippen molar-refractivity contribution in [2.24, 2.45) is 5.10 Å². The zero-order chi connectivity index (χ0) is 13.5. The largest absolute Gasteiger partial charge is 0.351 e. The van der Waals surface area contributed by atoms with Crippen molar-refractivity contribution in [2.75, 3.05) is 6.54 Å². The first-order chi connectivity index (χ1) is 9.25. The van der Waals surface area contributed by atoms with E-state index in [4.69, 9.17) is 0 Å². The Morgan fingerprint density at radius 3 is 2.95 bits per heavy atom. The van der Waals surface area contributed by atoms with E-state index in [9.17, 15) is 9.59 Å². The van der Waals surface area contributed by atoms with Crippen LogP contribution in [0.5, 0.6) is 0 Å². The van der Waals surface area contributed by atoms with Gasteiger partial charge in [-0.15, -0.1) is 0 Å². The zero-order valence-electron chi connectivity index (χ0n) is 10.6. The molecule has 1 aliphatic rings. The monoisotopic (exact) mass is 260 g/mol. The number of pyridine rings is 1. The highest BCUT2D eigenvalue weighted by atomic mass is 16.2. The summed E-state index contributed by atoms with van der Waals surface area (Å²) in [5.74, 6) is -0.354. The van der Waals surface area contributed by atoms with Crippen molar-refractivity contribution in [1.82, 2.24) is 15.7 Å². The molecule has 0 unspecified atom stereocenters. The van der Waals surface area contributed by atoms with Crippen LogP contribution in [0.25, 0.3) is 0 Å². The number of carbonyl (C=O) groups is 2. The second-order valence-electron chi connectivity index (χ2n) is 4.27. The fourth-order valence-corrected chi connectivity index (χ4v) is 1.76. The fraction of sp³-hybridized carbons (Fsp3) is 0.385. The van der Waals surface area contributed by atoms with Gasteiger partial charge in [-0.25, -0.2) is 5.43 Å². The van der Waals surface area contributed by atoms with Crippen LogP contribution in [0.4, 0.5) is 0 Å². The van der Waals surface area contributed by atoms with Gasteiger partial charge in [-0.05, 0) is 25.0 Å². The average Bonchev–Trinajstić information content (AvgIpc) is 2.45. The molecule has 1 aromatic rings. The summed E-state index contributed by atoms with van der Waals surface area (Å²) in [4.78, 5) is 26.8. The van der Waals surface area contributed by atoms with Crippen molar-refractivity contribution in [3.63, 3.8) is 0 Å². The molecule has 0 bridgehead atoms. The van der Waals surface area contributed by atoms with Gasteiger partial charge in [0.05, 0.1) is 0 Å². The van der Waals surface area contributed by atoms with Crippen LogP contribution in [0.2, 0.25) is 0 Å². The van der Waals surface area contributed by atoms with Crippen molar-refractivity contribution in [2.45, 2.75) is 25.7 Å². The van der Waals surface area contributed by atoms with Crippen molar-refractivity contribution in [3.05, 3.63) is 30.1 Å². The molecule has 19 heavy (non-hydrogen) atoms. The van der Waals surface area contributed by atoms with Gasteiger partial charge in [0.15, 0.2) is 0 Å². The molecule has 2 N–H and O–H groups in total. The van der Waals surface area contributed by atoms with E-state index in [2.05, 4.69) is 20.8 Å². The van der Waals surface area contributed by atoms with Crippen LogP contribution in [-0.4, -0.2) is 29.1 Å². The molecular weight excluding hydrogens is 244 g/mol. The minimum Gasteiger partial charge on any atom is -0.351 e. The van der Waals surface area contributed by atoms with Crippen LogP contribution in [0, 0.1) is 0 Å². The van der Waals surface area contributed by atoms with Crippen LogP contribution >= 0.6 is 0 Å².